The largest absolute Gasteiger partial charge is 0.493 e. The maximum absolute atomic E-state index is 12.4. The van der Waals surface area contributed by atoms with Gasteiger partial charge in [0.05, 0.1) is 18.7 Å². The average Bonchev–Trinajstić information content (AvgIpc) is 2.58. The first-order chi connectivity index (χ1) is 11.4. The molecule has 5 heteroatoms. The molecule has 0 fully saturated rings. The molecule has 1 N–H and O–H groups in total. The number of anilines is 1. The van der Waals surface area contributed by atoms with Crippen molar-refractivity contribution in [2.75, 3.05) is 12.4 Å². The van der Waals surface area contributed by atoms with Crippen LogP contribution in [-0.4, -0.2) is 19.1 Å². The molecule has 0 aliphatic heterocycles. The molecule has 1 atom stereocenters. The summed E-state index contributed by atoms with van der Waals surface area (Å²) >= 11 is 0. The highest BCUT2D eigenvalue weighted by Crippen LogP contribution is 2.29. The Balaban J connectivity index is 2.12. The summed E-state index contributed by atoms with van der Waals surface area (Å²) in [4.78, 5) is 12.4. The summed E-state index contributed by atoms with van der Waals surface area (Å²) in [5, 5.41) is 11.8. The predicted molar refractivity (Wildman–Crippen MR) is 92.3 cm³/mol. The van der Waals surface area contributed by atoms with E-state index in [-0.39, 0.29) is 5.91 Å². The molecular formula is C19H20N2O3. The minimum atomic E-state index is -0.716. The summed E-state index contributed by atoms with van der Waals surface area (Å²) in [5.74, 6) is 0.579. The number of nitriles is 1. The van der Waals surface area contributed by atoms with Gasteiger partial charge in [0.1, 0.15) is 0 Å². The van der Waals surface area contributed by atoms with Crippen LogP contribution < -0.4 is 14.8 Å². The molecule has 124 valence electrons. The molecule has 2 rings (SSSR count). The predicted octanol–water partition coefficient (Wildman–Crippen LogP) is 3.59. The second kappa shape index (κ2) is 7.51. The van der Waals surface area contributed by atoms with Gasteiger partial charge in [-0.1, -0.05) is 12.1 Å². The molecule has 0 saturated heterocycles. The zero-order chi connectivity index (χ0) is 17.7. The van der Waals surface area contributed by atoms with Gasteiger partial charge >= 0.3 is 0 Å². The molecule has 0 heterocycles. The second-order valence-electron chi connectivity index (χ2n) is 5.55. The zero-order valence-corrected chi connectivity index (χ0v) is 14.2. The van der Waals surface area contributed by atoms with Crippen LogP contribution in [-0.2, 0) is 4.79 Å². The van der Waals surface area contributed by atoms with Crippen LogP contribution in [0.5, 0.6) is 11.5 Å². The van der Waals surface area contributed by atoms with Crippen molar-refractivity contribution >= 4 is 11.6 Å². The Morgan fingerprint density at radius 1 is 1.17 bits per heavy atom. The highest BCUT2D eigenvalue weighted by molar-refractivity contribution is 5.94. The number of hydrogen-bond donors (Lipinski definition) is 1. The summed E-state index contributed by atoms with van der Waals surface area (Å²) in [6.45, 7) is 5.57. The van der Waals surface area contributed by atoms with E-state index in [9.17, 15) is 4.79 Å². The van der Waals surface area contributed by atoms with Gasteiger partial charge in [0.25, 0.3) is 5.91 Å². The SMILES string of the molecule is COc1cc(C#N)ccc1O[C@@H](C)C(=O)Nc1cc(C)ccc1C. The standard InChI is InChI=1S/C19H20N2O3/c1-12-5-6-13(2)16(9-12)21-19(22)14(3)24-17-8-7-15(11-20)10-18(17)23-4/h5-10,14H,1-4H3,(H,21,22)/t14-/m0/s1. The Morgan fingerprint density at radius 2 is 1.92 bits per heavy atom. The number of amides is 1. The van der Waals surface area contributed by atoms with E-state index in [0.29, 0.717) is 17.1 Å². The maximum atomic E-state index is 12.4. The van der Waals surface area contributed by atoms with E-state index in [1.807, 2.05) is 38.1 Å². The van der Waals surface area contributed by atoms with Crippen LogP contribution in [0.15, 0.2) is 36.4 Å². The molecule has 0 saturated carbocycles. The summed E-state index contributed by atoms with van der Waals surface area (Å²) in [5.41, 5.74) is 3.28. The minimum absolute atomic E-state index is 0.255. The van der Waals surface area contributed by atoms with E-state index in [4.69, 9.17) is 14.7 Å². The maximum Gasteiger partial charge on any atom is 0.265 e. The monoisotopic (exact) mass is 324 g/mol. The Labute approximate surface area is 141 Å². The first-order valence-corrected chi connectivity index (χ1v) is 7.57. The van der Waals surface area contributed by atoms with Gasteiger partial charge < -0.3 is 14.8 Å². The number of benzene rings is 2. The second-order valence-corrected chi connectivity index (χ2v) is 5.55. The van der Waals surface area contributed by atoms with Crippen molar-refractivity contribution in [3.63, 3.8) is 0 Å². The molecule has 2 aromatic carbocycles. The number of ether oxygens (including phenoxy) is 2. The van der Waals surface area contributed by atoms with Crippen molar-refractivity contribution in [1.82, 2.24) is 0 Å². The molecule has 2 aromatic rings. The molecule has 0 aromatic heterocycles. The van der Waals surface area contributed by atoms with Crippen LogP contribution >= 0.6 is 0 Å². The van der Waals surface area contributed by atoms with E-state index in [1.165, 1.54) is 7.11 Å². The van der Waals surface area contributed by atoms with Gasteiger partial charge in [-0.2, -0.15) is 5.26 Å². The molecule has 0 radical (unpaired) electrons. The van der Waals surface area contributed by atoms with E-state index >= 15 is 0 Å². The lowest BCUT2D eigenvalue weighted by Crippen LogP contribution is -2.30. The van der Waals surface area contributed by atoms with Gasteiger partial charge in [-0.15, -0.1) is 0 Å². The number of methoxy groups -OCH3 is 1. The van der Waals surface area contributed by atoms with Crippen LogP contribution in [0.25, 0.3) is 0 Å². The summed E-state index contributed by atoms with van der Waals surface area (Å²) < 4.78 is 10.9. The molecule has 0 aliphatic carbocycles. The first-order valence-electron chi connectivity index (χ1n) is 7.57. The number of hydrogen-bond acceptors (Lipinski definition) is 4. The van der Waals surface area contributed by atoms with Gasteiger partial charge in [0.2, 0.25) is 0 Å². The fourth-order valence-electron chi connectivity index (χ4n) is 2.18. The molecule has 0 aliphatic rings. The van der Waals surface area contributed by atoms with Crippen molar-refractivity contribution in [1.29, 1.82) is 5.26 Å². The summed E-state index contributed by atoms with van der Waals surface area (Å²) in [6, 6.07) is 12.7. The molecule has 0 unspecified atom stereocenters. The van der Waals surface area contributed by atoms with Crippen molar-refractivity contribution in [3.8, 4) is 17.6 Å². The number of carbonyl (C=O) groups excluding carboxylic acids is 1. The van der Waals surface area contributed by atoms with E-state index < -0.39 is 6.10 Å². The molecular weight excluding hydrogens is 304 g/mol. The molecule has 1 amide bonds. The Kier molecular flexibility index (Phi) is 5.43. The topological polar surface area (TPSA) is 71.3 Å². The van der Waals surface area contributed by atoms with E-state index in [1.54, 1.807) is 25.1 Å². The van der Waals surface area contributed by atoms with Gasteiger partial charge in [-0.25, -0.2) is 0 Å². The van der Waals surface area contributed by atoms with Crippen LogP contribution in [0.3, 0.4) is 0 Å². The van der Waals surface area contributed by atoms with Crippen LogP contribution in [0, 0.1) is 25.2 Å². The van der Waals surface area contributed by atoms with E-state index in [2.05, 4.69) is 5.32 Å². The van der Waals surface area contributed by atoms with Crippen LogP contribution in [0.4, 0.5) is 5.69 Å². The number of carbonyl (C=O) groups is 1. The van der Waals surface area contributed by atoms with Crippen molar-refractivity contribution in [2.24, 2.45) is 0 Å². The Hall–Kier alpha value is -3.00. The van der Waals surface area contributed by atoms with Gasteiger partial charge in [-0.3, -0.25) is 4.79 Å². The molecule has 0 spiro atoms. The summed E-state index contributed by atoms with van der Waals surface area (Å²) in [6.07, 6.45) is -0.716. The lowest BCUT2D eigenvalue weighted by Gasteiger charge is -2.17. The zero-order valence-electron chi connectivity index (χ0n) is 14.2. The molecule has 0 bridgehead atoms. The van der Waals surface area contributed by atoms with Crippen LogP contribution in [0.1, 0.15) is 23.6 Å². The number of aryl methyl sites for hydroxylation is 2. The van der Waals surface area contributed by atoms with Gasteiger partial charge in [-0.05, 0) is 50.1 Å². The van der Waals surface area contributed by atoms with Crippen molar-refractivity contribution in [2.45, 2.75) is 26.9 Å². The fraction of sp³-hybridized carbons (Fsp3) is 0.263. The number of nitrogens with zero attached hydrogens (tertiary/aromatic N) is 1. The Morgan fingerprint density at radius 3 is 2.58 bits per heavy atom. The molecule has 24 heavy (non-hydrogen) atoms. The normalized spacial score (nSPS) is 11.3. The minimum Gasteiger partial charge on any atom is -0.493 e. The lowest BCUT2D eigenvalue weighted by atomic mass is 10.1. The quantitative estimate of drug-likeness (QED) is 0.912. The number of rotatable bonds is 5. The van der Waals surface area contributed by atoms with Gasteiger partial charge in [0.15, 0.2) is 17.6 Å². The van der Waals surface area contributed by atoms with Crippen molar-refractivity contribution < 1.29 is 14.3 Å². The highest BCUT2D eigenvalue weighted by Gasteiger charge is 2.18. The first kappa shape index (κ1) is 17.4. The van der Waals surface area contributed by atoms with Gasteiger partial charge in [0, 0.05) is 11.8 Å². The smallest absolute Gasteiger partial charge is 0.265 e. The Bertz CT molecular complexity index is 794. The third-order valence-corrected chi connectivity index (χ3v) is 3.62. The highest BCUT2D eigenvalue weighted by atomic mass is 16.5. The molecule has 5 nitrogen and oxygen atoms in total. The summed E-state index contributed by atoms with van der Waals surface area (Å²) in [7, 11) is 1.49. The number of nitrogens with one attached hydrogen (secondary N) is 1. The van der Waals surface area contributed by atoms with E-state index in [0.717, 1.165) is 16.8 Å². The third kappa shape index (κ3) is 4.05. The van der Waals surface area contributed by atoms with Crippen molar-refractivity contribution in [3.05, 3.63) is 53.1 Å². The van der Waals surface area contributed by atoms with Crippen LogP contribution in [0.2, 0.25) is 0 Å². The fourth-order valence-corrected chi connectivity index (χ4v) is 2.18. The third-order valence-electron chi connectivity index (χ3n) is 3.62. The average molecular weight is 324 g/mol. The lowest BCUT2D eigenvalue weighted by molar-refractivity contribution is -0.122.